The van der Waals surface area contributed by atoms with Crippen molar-refractivity contribution in [3.05, 3.63) is 0 Å². The van der Waals surface area contributed by atoms with E-state index >= 15 is 0 Å². The molecule has 2 N–H and O–H groups in total. The number of likely N-dealkylation sites (tertiary alicyclic amines) is 1. The van der Waals surface area contributed by atoms with Crippen LogP contribution in [0.25, 0.3) is 0 Å². The topological polar surface area (TPSA) is 69.6 Å². The lowest BCUT2D eigenvalue weighted by Gasteiger charge is -2.27. The average molecular weight is 296 g/mol. The minimum absolute atomic E-state index is 0.0101. The molecule has 2 amide bonds. The fourth-order valence-corrected chi connectivity index (χ4v) is 3.45. The molecule has 1 saturated heterocycles. The third kappa shape index (κ3) is 4.19. The van der Waals surface area contributed by atoms with Gasteiger partial charge in [-0.1, -0.05) is 13.3 Å². The van der Waals surface area contributed by atoms with Crippen LogP contribution >= 0.6 is 0 Å². The summed E-state index contributed by atoms with van der Waals surface area (Å²) in [7, 11) is 0. The van der Waals surface area contributed by atoms with E-state index in [1.807, 2.05) is 4.90 Å². The fraction of sp³-hybridized carbons (Fsp3) is 0.875. The standard InChI is InChI=1S/C16H28N2O3/c1-3-4-11(2)18-10-12(9-15(18)20)16(21)17-13-5-7-14(19)8-6-13/h11-14,19H,3-10H2,1-2H3,(H,17,21). The quantitative estimate of drug-likeness (QED) is 0.806. The normalized spacial score (nSPS) is 31.3. The van der Waals surface area contributed by atoms with E-state index in [2.05, 4.69) is 19.2 Å². The first-order chi connectivity index (χ1) is 10.0. The van der Waals surface area contributed by atoms with E-state index in [0.717, 1.165) is 38.5 Å². The van der Waals surface area contributed by atoms with Crippen LogP contribution in [0.5, 0.6) is 0 Å². The van der Waals surface area contributed by atoms with Crippen LogP contribution in [0.15, 0.2) is 0 Å². The maximum atomic E-state index is 12.3. The zero-order valence-electron chi connectivity index (χ0n) is 13.2. The Morgan fingerprint density at radius 2 is 2.05 bits per heavy atom. The maximum absolute atomic E-state index is 12.3. The predicted octanol–water partition coefficient (Wildman–Crippen LogP) is 1.44. The number of hydrogen-bond acceptors (Lipinski definition) is 3. The largest absolute Gasteiger partial charge is 0.393 e. The van der Waals surface area contributed by atoms with Crippen LogP contribution in [0, 0.1) is 5.92 Å². The number of rotatable bonds is 5. The number of carbonyl (C=O) groups is 2. The summed E-state index contributed by atoms with van der Waals surface area (Å²) in [6.45, 7) is 4.73. The van der Waals surface area contributed by atoms with Crippen LogP contribution in [0.4, 0.5) is 0 Å². The molecular formula is C16H28N2O3. The van der Waals surface area contributed by atoms with Gasteiger partial charge in [0.2, 0.25) is 11.8 Å². The van der Waals surface area contributed by atoms with Gasteiger partial charge >= 0.3 is 0 Å². The number of nitrogens with zero attached hydrogens (tertiary/aromatic N) is 1. The minimum Gasteiger partial charge on any atom is -0.393 e. The number of amides is 2. The van der Waals surface area contributed by atoms with Crippen molar-refractivity contribution in [1.29, 1.82) is 0 Å². The smallest absolute Gasteiger partial charge is 0.225 e. The first-order valence-electron chi connectivity index (χ1n) is 8.29. The van der Waals surface area contributed by atoms with Crippen molar-refractivity contribution in [2.75, 3.05) is 6.54 Å². The number of nitrogens with one attached hydrogen (secondary N) is 1. The molecule has 1 heterocycles. The summed E-state index contributed by atoms with van der Waals surface area (Å²) in [5.74, 6) is -0.0882. The molecule has 0 radical (unpaired) electrons. The van der Waals surface area contributed by atoms with Crippen LogP contribution in [0.3, 0.4) is 0 Å². The molecule has 5 nitrogen and oxygen atoms in total. The van der Waals surface area contributed by atoms with Gasteiger partial charge in [-0.3, -0.25) is 9.59 Å². The van der Waals surface area contributed by atoms with Gasteiger partial charge in [-0.15, -0.1) is 0 Å². The summed E-state index contributed by atoms with van der Waals surface area (Å²) >= 11 is 0. The van der Waals surface area contributed by atoms with Gasteiger partial charge in [0, 0.05) is 25.0 Å². The van der Waals surface area contributed by atoms with E-state index in [-0.39, 0.29) is 35.9 Å². The molecule has 21 heavy (non-hydrogen) atoms. The van der Waals surface area contributed by atoms with Crippen molar-refractivity contribution in [2.45, 2.75) is 77.0 Å². The zero-order valence-corrected chi connectivity index (χ0v) is 13.2. The Morgan fingerprint density at radius 3 is 2.67 bits per heavy atom. The van der Waals surface area contributed by atoms with E-state index < -0.39 is 0 Å². The summed E-state index contributed by atoms with van der Waals surface area (Å²) < 4.78 is 0. The van der Waals surface area contributed by atoms with E-state index in [9.17, 15) is 14.7 Å². The Bertz CT molecular complexity index is 378. The third-order valence-corrected chi connectivity index (χ3v) is 4.81. The molecule has 2 rings (SSSR count). The van der Waals surface area contributed by atoms with Gasteiger partial charge in [0.25, 0.3) is 0 Å². The molecule has 2 fully saturated rings. The van der Waals surface area contributed by atoms with Crippen molar-refractivity contribution in [1.82, 2.24) is 10.2 Å². The van der Waals surface area contributed by atoms with Gasteiger partial charge in [-0.25, -0.2) is 0 Å². The molecule has 1 aliphatic heterocycles. The van der Waals surface area contributed by atoms with Crippen molar-refractivity contribution < 1.29 is 14.7 Å². The second-order valence-corrected chi connectivity index (χ2v) is 6.60. The van der Waals surface area contributed by atoms with Crippen LogP contribution in [-0.2, 0) is 9.59 Å². The second-order valence-electron chi connectivity index (χ2n) is 6.60. The first kappa shape index (κ1) is 16.3. The molecular weight excluding hydrogens is 268 g/mol. The highest BCUT2D eigenvalue weighted by Crippen LogP contribution is 2.24. The van der Waals surface area contributed by atoms with Crippen molar-refractivity contribution >= 4 is 11.8 Å². The molecule has 5 heteroatoms. The van der Waals surface area contributed by atoms with Crippen LogP contribution in [-0.4, -0.2) is 46.6 Å². The molecule has 2 unspecified atom stereocenters. The van der Waals surface area contributed by atoms with Gasteiger partial charge in [-0.2, -0.15) is 0 Å². The number of hydrogen-bond donors (Lipinski definition) is 2. The van der Waals surface area contributed by atoms with Crippen LogP contribution < -0.4 is 5.32 Å². The van der Waals surface area contributed by atoms with Crippen molar-refractivity contribution in [3.63, 3.8) is 0 Å². The van der Waals surface area contributed by atoms with Gasteiger partial charge in [0.05, 0.1) is 12.0 Å². The summed E-state index contributed by atoms with van der Waals surface area (Å²) in [6.07, 6.45) is 5.36. The van der Waals surface area contributed by atoms with Gasteiger partial charge in [-0.05, 0) is 39.0 Å². The number of aliphatic hydroxyl groups excluding tert-OH is 1. The molecule has 0 aromatic rings. The summed E-state index contributed by atoms with van der Waals surface area (Å²) in [5.41, 5.74) is 0. The lowest BCUT2D eigenvalue weighted by Crippen LogP contribution is -2.42. The van der Waals surface area contributed by atoms with E-state index in [0.29, 0.717) is 13.0 Å². The van der Waals surface area contributed by atoms with Crippen LogP contribution in [0.1, 0.15) is 58.8 Å². The highest BCUT2D eigenvalue weighted by Gasteiger charge is 2.37. The molecule has 1 saturated carbocycles. The highest BCUT2D eigenvalue weighted by atomic mass is 16.3. The monoisotopic (exact) mass is 296 g/mol. The highest BCUT2D eigenvalue weighted by molar-refractivity contribution is 5.89. The minimum atomic E-state index is -0.211. The van der Waals surface area contributed by atoms with Gasteiger partial charge < -0.3 is 15.3 Å². The van der Waals surface area contributed by atoms with Crippen molar-refractivity contribution in [3.8, 4) is 0 Å². The summed E-state index contributed by atoms with van der Waals surface area (Å²) in [6, 6.07) is 0.392. The maximum Gasteiger partial charge on any atom is 0.225 e. The second kappa shape index (κ2) is 7.25. The fourth-order valence-electron chi connectivity index (χ4n) is 3.45. The Hall–Kier alpha value is -1.10. The molecule has 2 aliphatic rings. The molecule has 0 bridgehead atoms. The molecule has 120 valence electrons. The van der Waals surface area contributed by atoms with E-state index in [1.54, 1.807) is 0 Å². The lowest BCUT2D eigenvalue weighted by atomic mass is 9.92. The Labute approximate surface area is 127 Å². The van der Waals surface area contributed by atoms with Gasteiger partial charge in [0.15, 0.2) is 0 Å². The van der Waals surface area contributed by atoms with E-state index in [1.165, 1.54) is 0 Å². The molecule has 2 atom stereocenters. The third-order valence-electron chi connectivity index (χ3n) is 4.81. The molecule has 0 aromatic heterocycles. The summed E-state index contributed by atoms with van der Waals surface area (Å²) in [5, 5.41) is 12.6. The van der Waals surface area contributed by atoms with Crippen LogP contribution in [0.2, 0.25) is 0 Å². The molecule has 0 spiro atoms. The predicted molar refractivity (Wildman–Crippen MR) is 80.6 cm³/mol. The Kier molecular flexibility index (Phi) is 5.62. The van der Waals surface area contributed by atoms with E-state index in [4.69, 9.17) is 0 Å². The molecule has 1 aliphatic carbocycles. The van der Waals surface area contributed by atoms with Gasteiger partial charge in [0.1, 0.15) is 0 Å². The first-order valence-corrected chi connectivity index (χ1v) is 8.29. The Balaban J connectivity index is 1.82. The number of aliphatic hydroxyl groups is 1. The summed E-state index contributed by atoms with van der Waals surface area (Å²) in [4.78, 5) is 26.2. The Morgan fingerprint density at radius 1 is 1.38 bits per heavy atom. The number of carbonyl (C=O) groups excluding carboxylic acids is 2. The SMILES string of the molecule is CCCC(C)N1CC(C(=O)NC2CCC(O)CC2)CC1=O. The van der Waals surface area contributed by atoms with Crippen molar-refractivity contribution in [2.24, 2.45) is 5.92 Å². The average Bonchev–Trinajstić information content (AvgIpc) is 2.84. The zero-order chi connectivity index (χ0) is 15.4. The lowest BCUT2D eigenvalue weighted by molar-refractivity contribution is -0.130. The molecule has 0 aromatic carbocycles.